The average molecular weight is 292 g/mol. The number of hydrogen-bond donors (Lipinski definition) is 0. The van der Waals surface area contributed by atoms with Crippen LogP contribution in [0.25, 0.3) is 0 Å². The molecule has 0 aromatic heterocycles. The number of carbonyl (C=O) groups excluding carboxylic acids is 1. The van der Waals surface area contributed by atoms with Gasteiger partial charge in [0.2, 0.25) is 5.82 Å². The van der Waals surface area contributed by atoms with Crippen LogP contribution < -0.4 is 0 Å². The molecule has 1 unspecified atom stereocenters. The lowest BCUT2D eigenvalue weighted by atomic mass is 10.1. The van der Waals surface area contributed by atoms with Crippen molar-refractivity contribution < 1.29 is 31.5 Å². The van der Waals surface area contributed by atoms with Gasteiger partial charge >= 0.3 is 5.97 Å². The van der Waals surface area contributed by atoms with E-state index in [0.717, 1.165) is 0 Å². The van der Waals surface area contributed by atoms with Gasteiger partial charge < -0.3 is 4.74 Å². The standard InChI is InChI=1S/C13H9F5O2/c1-3-5-6(4-2)20-13(19)7-8(14)10(16)12(18)11(17)9(7)15/h6H,4H2,1-2H3. The van der Waals surface area contributed by atoms with Crippen LogP contribution in [0.1, 0.15) is 30.6 Å². The summed E-state index contributed by atoms with van der Waals surface area (Å²) < 4.78 is 69.9. The van der Waals surface area contributed by atoms with E-state index in [-0.39, 0.29) is 6.42 Å². The Hall–Kier alpha value is -2.10. The van der Waals surface area contributed by atoms with Gasteiger partial charge in [0.15, 0.2) is 29.4 Å². The van der Waals surface area contributed by atoms with Gasteiger partial charge in [-0.25, -0.2) is 26.7 Å². The van der Waals surface area contributed by atoms with Gasteiger partial charge in [0.1, 0.15) is 5.56 Å². The first kappa shape index (κ1) is 16.0. The van der Waals surface area contributed by atoms with E-state index >= 15 is 0 Å². The molecule has 1 atom stereocenters. The number of halogens is 5. The third kappa shape index (κ3) is 2.90. The van der Waals surface area contributed by atoms with Crippen molar-refractivity contribution in [2.45, 2.75) is 26.4 Å². The molecule has 2 nitrogen and oxygen atoms in total. The van der Waals surface area contributed by atoms with E-state index in [1.54, 1.807) is 6.92 Å². The Balaban J connectivity index is 3.26. The molecule has 0 N–H and O–H groups in total. The third-order valence-corrected chi connectivity index (χ3v) is 2.34. The monoisotopic (exact) mass is 292 g/mol. The van der Waals surface area contributed by atoms with Gasteiger partial charge in [-0.05, 0) is 13.3 Å². The summed E-state index contributed by atoms with van der Waals surface area (Å²) in [6, 6.07) is 0. The Kier molecular flexibility index (Phi) is 5.08. The van der Waals surface area contributed by atoms with Crippen LogP contribution >= 0.6 is 0 Å². The molecular weight excluding hydrogens is 283 g/mol. The Morgan fingerprint density at radius 2 is 1.50 bits per heavy atom. The zero-order valence-electron chi connectivity index (χ0n) is 10.5. The highest BCUT2D eigenvalue weighted by Crippen LogP contribution is 2.24. The van der Waals surface area contributed by atoms with Gasteiger partial charge in [0.05, 0.1) is 0 Å². The molecule has 0 radical (unpaired) electrons. The molecule has 0 bridgehead atoms. The number of rotatable bonds is 3. The van der Waals surface area contributed by atoms with Crippen LogP contribution in [-0.4, -0.2) is 12.1 Å². The van der Waals surface area contributed by atoms with Crippen LogP contribution in [0, 0.1) is 40.9 Å². The zero-order chi connectivity index (χ0) is 15.4. The van der Waals surface area contributed by atoms with E-state index in [9.17, 15) is 26.7 Å². The van der Waals surface area contributed by atoms with E-state index in [1.807, 2.05) is 0 Å². The van der Waals surface area contributed by atoms with E-state index < -0.39 is 46.7 Å². The maximum Gasteiger partial charge on any atom is 0.345 e. The first-order valence-electron chi connectivity index (χ1n) is 5.49. The number of carbonyl (C=O) groups is 1. The normalized spacial score (nSPS) is 11.6. The highest BCUT2D eigenvalue weighted by molar-refractivity contribution is 5.90. The quantitative estimate of drug-likeness (QED) is 0.281. The van der Waals surface area contributed by atoms with Crippen LogP contribution in [0.5, 0.6) is 0 Å². The summed E-state index contributed by atoms with van der Waals surface area (Å²) in [5, 5.41) is 0. The summed E-state index contributed by atoms with van der Waals surface area (Å²) in [4.78, 5) is 11.5. The maximum atomic E-state index is 13.3. The predicted octanol–water partition coefficient (Wildman–Crippen LogP) is 3.34. The number of hydrogen-bond acceptors (Lipinski definition) is 2. The van der Waals surface area contributed by atoms with Gasteiger partial charge in [0, 0.05) is 0 Å². The molecule has 0 saturated carbocycles. The molecule has 0 aliphatic rings. The second-order valence-electron chi connectivity index (χ2n) is 3.64. The predicted molar refractivity (Wildman–Crippen MR) is 59.2 cm³/mol. The van der Waals surface area contributed by atoms with E-state index in [4.69, 9.17) is 0 Å². The van der Waals surface area contributed by atoms with Gasteiger partial charge in [-0.2, -0.15) is 0 Å². The Morgan fingerprint density at radius 3 is 1.90 bits per heavy atom. The lowest BCUT2D eigenvalue weighted by molar-refractivity contribution is 0.0390. The molecule has 108 valence electrons. The molecule has 1 aromatic rings. The highest BCUT2D eigenvalue weighted by Gasteiger charge is 2.31. The van der Waals surface area contributed by atoms with Crippen LogP contribution in [0.3, 0.4) is 0 Å². The number of esters is 1. The summed E-state index contributed by atoms with van der Waals surface area (Å²) in [5.41, 5.74) is -1.63. The molecule has 20 heavy (non-hydrogen) atoms. The fourth-order valence-corrected chi connectivity index (χ4v) is 1.35. The SMILES string of the molecule is CC#CC(CC)OC(=O)c1c(F)c(F)c(F)c(F)c1F. The van der Waals surface area contributed by atoms with Gasteiger partial charge in [0.25, 0.3) is 0 Å². The minimum atomic E-state index is -2.34. The van der Waals surface area contributed by atoms with Crippen molar-refractivity contribution in [3.63, 3.8) is 0 Å². The van der Waals surface area contributed by atoms with Gasteiger partial charge in [-0.15, -0.1) is 5.92 Å². The molecule has 0 aliphatic heterocycles. The van der Waals surface area contributed by atoms with Gasteiger partial charge in [-0.3, -0.25) is 0 Å². The first-order chi connectivity index (χ1) is 9.34. The fraction of sp³-hybridized carbons (Fsp3) is 0.308. The Labute approximate surface area is 111 Å². The largest absolute Gasteiger partial charge is 0.445 e. The van der Waals surface area contributed by atoms with Crippen LogP contribution in [0.2, 0.25) is 0 Å². The fourth-order valence-electron chi connectivity index (χ4n) is 1.35. The highest BCUT2D eigenvalue weighted by atomic mass is 19.2. The summed E-state index contributed by atoms with van der Waals surface area (Å²) in [6.45, 7) is 3.01. The molecule has 0 saturated heterocycles. The summed E-state index contributed by atoms with van der Waals surface area (Å²) >= 11 is 0. The lowest BCUT2D eigenvalue weighted by Gasteiger charge is -2.12. The van der Waals surface area contributed by atoms with Crippen molar-refractivity contribution in [1.29, 1.82) is 0 Å². The first-order valence-corrected chi connectivity index (χ1v) is 5.49. The second-order valence-corrected chi connectivity index (χ2v) is 3.64. The van der Waals surface area contributed by atoms with Crippen LogP contribution in [0.4, 0.5) is 22.0 Å². The van der Waals surface area contributed by atoms with Gasteiger partial charge in [-0.1, -0.05) is 12.8 Å². The third-order valence-electron chi connectivity index (χ3n) is 2.34. The van der Waals surface area contributed by atoms with Crippen LogP contribution in [-0.2, 0) is 4.74 Å². The Morgan fingerprint density at radius 1 is 1.05 bits per heavy atom. The molecule has 0 fully saturated rings. The molecule has 1 aromatic carbocycles. The van der Waals surface area contributed by atoms with Crippen LogP contribution in [0.15, 0.2) is 0 Å². The van der Waals surface area contributed by atoms with E-state index in [2.05, 4.69) is 16.6 Å². The smallest absolute Gasteiger partial charge is 0.345 e. The second kappa shape index (κ2) is 6.37. The summed E-state index contributed by atoms with van der Waals surface area (Å²) in [7, 11) is 0. The minimum Gasteiger partial charge on any atom is -0.445 e. The zero-order valence-corrected chi connectivity index (χ0v) is 10.5. The maximum absolute atomic E-state index is 13.3. The minimum absolute atomic E-state index is 0.196. The molecule has 0 heterocycles. The molecule has 7 heteroatoms. The molecule has 0 amide bonds. The van der Waals surface area contributed by atoms with Crippen molar-refractivity contribution in [2.75, 3.05) is 0 Å². The van der Waals surface area contributed by atoms with Crippen molar-refractivity contribution in [1.82, 2.24) is 0 Å². The van der Waals surface area contributed by atoms with E-state index in [0.29, 0.717) is 0 Å². The average Bonchev–Trinajstić information content (AvgIpc) is 2.42. The van der Waals surface area contributed by atoms with E-state index in [1.165, 1.54) is 6.92 Å². The Bertz CT molecular complexity index is 572. The number of ether oxygens (including phenoxy) is 1. The molecule has 1 rings (SSSR count). The molecular formula is C13H9F5O2. The summed E-state index contributed by atoms with van der Waals surface area (Å²) in [5.74, 6) is -8.04. The molecule has 0 aliphatic carbocycles. The van der Waals surface area contributed by atoms with Crippen molar-refractivity contribution in [3.05, 3.63) is 34.6 Å². The van der Waals surface area contributed by atoms with Crippen molar-refractivity contribution in [3.8, 4) is 11.8 Å². The van der Waals surface area contributed by atoms with Crippen molar-refractivity contribution >= 4 is 5.97 Å². The van der Waals surface area contributed by atoms with Crippen molar-refractivity contribution in [2.24, 2.45) is 0 Å². The molecule has 0 spiro atoms. The lowest BCUT2D eigenvalue weighted by Crippen LogP contribution is -2.20. The number of benzene rings is 1. The summed E-state index contributed by atoms with van der Waals surface area (Å²) in [6.07, 6.45) is -0.801. The topological polar surface area (TPSA) is 26.3 Å².